The molecule has 0 radical (unpaired) electrons. The van der Waals surface area contributed by atoms with Crippen molar-refractivity contribution >= 4 is 0 Å². The summed E-state index contributed by atoms with van der Waals surface area (Å²) >= 11 is 0. The monoisotopic (exact) mass is 358 g/mol. The van der Waals surface area contributed by atoms with E-state index < -0.39 is 0 Å². The van der Waals surface area contributed by atoms with Crippen LogP contribution in [0, 0.1) is 29.1 Å². The molecular weight excluding hydrogens is 324 g/mol. The molecule has 0 aliphatic heterocycles. The Balaban J connectivity index is 1.65. The highest BCUT2D eigenvalue weighted by Gasteiger charge is 2.56. The van der Waals surface area contributed by atoms with Crippen molar-refractivity contribution in [2.75, 3.05) is 7.11 Å². The van der Waals surface area contributed by atoms with E-state index in [1.165, 1.54) is 43.2 Å². The number of hydrogen-bond donors (Lipinski definition) is 2. The Morgan fingerprint density at radius 2 is 1.92 bits per heavy atom. The average molecular weight is 359 g/mol. The van der Waals surface area contributed by atoms with Gasteiger partial charge in [0.25, 0.3) is 0 Å². The molecule has 1 aromatic carbocycles. The van der Waals surface area contributed by atoms with E-state index in [4.69, 9.17) is 4.74 Å². The summed E-state index contributed by atoms with van der Waals surface area (Å²) in [5.74, 6) is 4.02. The lowest BCUT2D eigenvalue weighted by atomic mass is 9.53. The van der Waals surface area contributed by atoms with Crippen LogP contribution in [0.3, 0.4) is 0 Å². The molecule has 2 saturated carbocycles. The molecular formula is C23H34O3. The Morgan fingerprint density at radius 3 is 2.62 bits per heavy atom. The lowest BCUT2D eigenvalue weighted by Crippen LogP contribution is -2.44. The number of phenols is 1. The molecule has 3 aliphatic carbocycles. The van der Waals surface area contributed by atoms with Crippen LogP contribution in [-0.2, 0) is 6.42 Å². The molecule has 0 saturated heterocycles. The second-order valence-electron chi connectivity index (χ2n) is 9.47. The van der Waals surface area contributed by atoms with E-state index in [2.05, 4.69) is 19.9 Å². The summed E-state index contributed by atoms with van der Waals surface area (Å²) in [5.41, 5.74) is 3.11. The molecule has 0 amide bonds. The van der Waals surface area contributed by atoms with E-state index in [-0.39, 0.29) is 11.9 Å². The van der Waals surface area contributed by atoms with E-state index in [1.54, 1.807) is 7.11 Å². The number of aliphatic hydroxyl groups excluding tert-OH is 1. The van der Waals surface area contributed by atoms with Crippen molar-refractivity contribution < 1.29 is 14.9 Å². The van der Waals surface area contributed by atoms with E-state index in [0.717, 1.165) is 18.3 Å². The number of ether oxygens (including phenoxy) is 1. The fourth-order valence-electron chi connectivity index (χ4n) is 6.99. The molecule has 2 unspecified atom stereocenters. The van der Waals surface area contributed by atoms with Gasteiger partial charge < -0.3 is 14.9 Å². The summed E-state index contributed by atoms with van der Waals surface area (Å²) in [7, 11) is 1.64. The number of methoxy groups -OCH3 is 1. The number of rotatable bonds is 3. The van der Waals surface area contributed by atoms with Crippen LogP contribution in [0.25, 0.3) is 0 Å². The van der Waals surface area contributed by atoms with Gasteiger partial charge in [-0.05, 0) is 104 Å². The summed E-state index contributed by atoms with van der Waals surface area (Å²) in [4.78, 5) is 0. The van der Waals surface area contributed by atoms with Gasteiger partial charge >= 0.3 is 0 Å². The molecule has 3 heteroatoms. The summed E-state index contributed by atoms with van der Waals surface area (Å²) in [5, 5.41) is 20.3. The van der Waals surface area contributed by atoms with Crippen LogP contribution in [-0.4, -0.2) is 23.4 Å². The van der Waals surface area contributed by atoms with E-state index in [0.29, 0.717) is 28.9 Å². The summed E-state index contributed by atoms with van der Waals surface area (Å²) in [6.07, 6.45) is 7.14. The van der Waals surface area contributed by atoms with Gasteiger partial charge in [-0.25, -0.2) is 0 Å². The van der Waals surface area contributed by atoms with Gasteiger partial charge in [0, 0.05) is 0 Å². The molecule has 0 heterocycles. The maximum atomic E-state index is 10.2. The average Bonchev–Trinajstić information content (AvgIpc) is 2.97. The Morgan fingerprint density at radius 1 is 1.15 bits per heavy atom. The zero-order valence-corrected chi connectivity index (χ0v) is 16.7. The highest BCUT2D eigenvalue weighted by Crippen LogP contribution is 2.64. The second-order valence-corrected chi connectivity index (χ2v) is 9.47. The van der Waals surface area contributed by atoms with Crippen molar-refractivity contribution in [3.05, 3.63) is 23.3 Å². The number of aliphatic hydroxyl groups is 1. The first-order chi connectivity index (χ1) is 12.4. The fourth-order valence-corrected chi connectivity index (χ4v) is 6.99. The third kappa shape index (κ3) is 2.58. The highest BCUT2D eigenvalue weighted by molar-refractivity contribution is 5.49. The first kappa shape index (κ1) is 18.2. The van der Waals surface area contributed by atoms with Gasteiger partial charge in [0.15, 0.2) is 11.5 Å². The molecule has 3 nitrogen and oxygen atoms in total. The maximum Gasteiger partial charge on any atom is 0.160 e. The quantitative estimate of drug-likeness (QED) is 0.809. The smallest absolute Gasteiger partial charge is 0.160 e. The van der Waals surface area contributed by atoms with Gasteiger partial charge in [0.05, 0.1) is 13.2 Å². The summed E-state index contributed by atoms with van der Waals surface area (Å²) in [6.45, 7) is 6.72. The first-order valence-corrected chi connectivity index (χ1v) is 10.4. The van der Waals surface area contributed by atoms with E-state index >= 15 is 0 Å². The van der Waals surface area contributed by atoms with Crippen LogP contribution in [0.1, 0.15) is 69.9 Å². The maximum absolute atomic E-state index is 10.2. The molecule has 0 aromatic heterocycles. The molecule has 0 spiro atoms. The number of hydrogen-bond acceptors (Lipinski definition) is 3. The normalized spacial score (nSPS) is 38.0. The van der Waals surface area contributed by atoms with Gasteiger partial charge in [0.2, 0.25) is 0 Å². The van der Waals surface area contributed by atoms with E-state index in [1.807, 2.05) is 13.0 Å². The van der Waals surface area contributed by atoms with Crippen molar-refractivity contribution in [1.29, 1.82) is 0 Å². The summed E-state index contributed by atoms with van der Waals surface area (Å²) < 4.78 is 5.39. The molecule has 4 rings (SSSR count). The Hall–Kier alpha value is -1.22. The molecule has 26 heavy (non-hydrogen) atoms. The molecule has 3 aliphatic rings. The fraction of sp³-hybridized carbons (Fsp3) is 0.739. The SMILES string of the molecule is COc1cc2c(cc1O)CC[C@@H]1[C@@H]2CC[C@]2(C)[C@@H](C(C)C(C)O)CC[C@@H]12. The second kappa shape index (κ2) is 6.44. The molecule has 144 valence electrons. The van der Waals surface area contributed by atoms with Crippen molar-refractivity contribution in [2.45, 2.75) is 71.3 Å². The van der Waals surface area contributed by atoms with Crippen LogP contribution in [0.2, 0.25) is 0 Å². The van der Waals surface area contributed by atoms with Crippen molar-refractivity contribution in [2.24, 2.45) is 29.1 Å². The minimum Gasteiger partial charge on any atom is -0.504 e. The van der Waals surface area contributed by atoms with Gasteiger partial charge in [-0.3, -0.25) is 0 Å². The van der Waals surface area contributed by atoms with Crippen molar-refractivity contribution in [3.63, 3.8) is 0 Å². The topological polar surface area (TPSA) is 49.7 Å². The standard InChI is InChI=1S/C23H34O3/c1-13(14(2)24)19-7-8-20-17-6-5-15-11-21(25)22(26-4)12-18(15)16(17)9-10-23(19,20)3/h11-14,16-17,19-20,24-25H,5-10H2,1-4H3/t13?,14?,16-,17+,19+,20-,23+/m0/s1. The number of phenolic OH excluding ortho intramolecular Hbond substituents is 1. The van der Waals surface area contributed by atoms with Crippen LogP contribution in [0.15, 0.2) is 12.1 Å². The lowest BCUT2D eigenvalue weighted by molar-refractivity contribution is -0.0154. The van der Waals surface area contributed by atoms with Gasteiger partial charge in [-0.1, -0.05) is 13.8 Å². The van der Waals surface area contributed by atoms with Crippen LogP contribution < -0.4 is 4.74 Å². The molecule has 0 bridgehead atoms. The number of fused-ring (bicyclic) bond motifs is 5. The predicted octanol–water partition coefficient (Wildman–Crippen LogP) is 4.89. The Labute approximate surface area is 157 Å². The zero-order chi connectivity index (χ0) is 18.6. The van der Waals surface area contributed by atoms with Crippen LogP contribution >= 0.6 is 0 Å². The number of aromatic hydroxyl groups is 1. The third-order valence-corrected chi connectivity index (χ3v) is 8.49. The molecule has 2 N–H and O–H groups in total. The Bertz CT molecular complexity index is 682. The predicted molar refractivity (Wildman–Crippen MR) is 104 cm³/mol. The zero-order valence-electron chi connectivity index (χ0n) is 16.7. The first-order valence-electron chi connectivity index (χ1n) is 10.4. The molecule has 7 atom stereocenters. The van der Waals surface area contributed by atoms with Crippen molar-refractivity contribution in [1.82, 2.24) is 0 Å². The van der Waals surface area contributed by atoms with Crippen molar-refractivity contribution in [3.8, 4) is 11.5 Å². The molecule has 1 aromatic rings. The minimum atomic E-state index is -0.215. The number of aryl methyl sites for hydroxylation is 1. The molecule has 2 fully saturated rings. The largest absolute Gasteiger partial charge is 0.504 e. The van der Waals surface area contributed by atoms with Gasteiger partial charge in [-0.2, -0.15) is 0 Å². The van der Waals surface area contributed by atoms with E-state index in [9.17, 15) is 10.2 Å². The van der Waals surface area contributed by atoms with Crippen LogP contribution in [0.4, 0.5) is 0 Å². The third-order valence-electron chi connectivity index (χ3n) is 8.49. The number of benzene rings is 1. The summed E-state index contributed by atoms with van der Waals surface area (Å²) in [6, 6.07) is 4.04. The van der Waals surface area contributed by atoms with Gasteiger partial charge in [0.1, 0.15) is 0 Å². The van der Waals surface area contributed by atoms with Crippen LogP contribution in [0.5, 0.6) is 11.5 Å². The minimum absolute atomic E-state index is 0.215. The van der Waals surface area contributed by atoms with Gasteiger partial charge in [-0.15, -0.1) is 0 Å². The lowest BCUT2D eigenvalue weighted by Gasteiger charge is -2.52. The Kier molecular flexibility index (Phi) is 4.50. The highest BCUT2D eigenvalue weighted by atomic mass is 16.5.